The predicted molar refractivity (Wildman–Crippen MR) is 77.1 cm³/mol. The summed E-state index contributed by atoms with van der Waals surface area (Å²) in [5, 5.41) is 3.53. The van der Waals surface area contributed by atoms with Crippen molar-refractivity contribution in [2.24, 2.45) is 0 Å². The van der Waals surface area contributed by atoms with Crippen molar-refractivity contribution >= 4 is 0 Å². The summed E-state index contributed by atoms with van der Waals surface area (Å²) in [5.74, 6) is 1.59. The minimum Gasteiger partial charge on any atom is -0.444 e. The lowest BCUT2D eigenvalue weighted by Crippen LogP contribution is -2.23. The molecule has 0 amide bonds. The molecule has 0 aliphatic carbocycles. The lowest BCUT2D eigenvalue weighted by Gasteiger charge is -2.20. The standard InChI is InChI=1S/C16H22N2O/c1-10-6-7-15(11(2)8-10)13(4)18-14(5)16-17-9-12(3)19-16/h6-9,13-14,18H,1-5H3. The van der Waals surface area contributed by atoms with Crippen molar-refractivity contribution < 1.29 is 4.42 Å². The Labute approximate surface area is 115 Å². The maximum Gasteiger partial charge on any atom is 0.211 e. The van der Waals surface area contributed by atoms with E-state index in [1.807, 2.05) is 6.92 Å². The number of aryl methyl sites for hydroxylation is 3. The molecule has 2 atom stereocenters. The summed E-state index contributed by atoms with van der Waals surface area (Å²) < 4.78 is 5.56. The normalized spacial score (nSPS) is 14.4. The van der Waals surface area contributed by atoms with Crippen LogP contribution in [0.5, 0.6) is 0 Å². The summed E-state index contributed by atoms with van der Waals surface area (Å²) in [5.41, 5.74) is 3.93. The molecule has 2 aromatic rings. The molecule has 0 bridgehead atoms. The topological polar surface area (TPSA) is 38.1 Å². The summed E-state index contributed by atoms with van der Waals surface area (Å²) in [6, 6.07) is 6.93. The van der Waals surface area contributed by atoms with Gasteiger partial charge in [0.25, 0.3) is 0 Å². The van der Waals surface area contributed by atoms with Crippen LogP contribution in [0.4, 0.5) is 0 Å². The number of benzene rings is 1. The molecule has 102 valence electrons. The van der Waals surface area contributed by atoms with Gasteiger partial charge in [-0.1, -0.05) is 23.8 Å². The average Bonchev–Trinajstić information content (AvgIpc) is 2.75. The van der Waals surface area contributed by atoms with Gasteiger partial charge in [-0.05, 0) is 45.7 Å². The van der Waals surface area contributed by atoms with Gasteiger partial charge in [-0.25, -0.2) is 4.98 Å². The van der Waals surface area contributed by atoms with E-state index < -0.39 is 0 Å². The van der Waals surface area contributed by atoms with Crippen LogP contribution < -0.4 is 5.32 Å². The number of hydrogen-bond donors (Lipinski definition) is 1. The van der Waals surface area contributed by atoms with E-state index in [1.165, 1.54) is 16.7 Å². The summed E-state index contributed by atoms with van der Waals surface area (Å²) in [7, 11) is 0. The van der Waals surface area contributed by atoms with E-state index in [0.29, 0.717) is 0 Å². The molecular weight excluding hydrogens is 236 g/mol. The van der Waals surface area contributed by atoms with Crippen molar-refractivity contribution in [2.75, 3.05) is 0 Å². The zero-order valence-corrected chi connectivity index (χ0v) is 12.3. The van der Waals surface area contributed by atoms with Crippen LogP contribution in [0, 0.1) is 20.8 Å². The zero-order valence-electron chi connectivity index (χ0n) is 12.3. The molecule has 2 rings (SSSR count). The Morgan fingerprint density at radius 2 is 1.84 bits per heavy atom. The summed E-state index contributed by atoms with van der Waals surface area (Å²) in [6.07, 6.45) is 1.76. The lowest BCUT2D eigenvalue weighted by atomic mass is 10.00. The fourth-order valence-electron chi connectivity index (χ4n) is 2.42. The molecule has 0 aliphatic rings. The summed E-state index contributed by atoms with van der Waals surface area (Å²) in [4.78, 5) is 4.27. The van der Waals surface area contributed by atoms with Gasteiger partial charge in [0.15, 0.2) is 0 Å². The van der Waals surface area contributed by atoms with Crippen LogP contribution >= 0.6 is 0 Å². The van der Waals surface area contributed by atoms with Crippen LogP contribution in [0.2, 0.25) is 0 Å². The van der Waals surface area contributed by atoms with E-state index in [-0.39, 0.29) is 12.1 Å². The van der Waals surface area contributed by atoms with Gasteiger partial charge in [-0.2, -0.15) is 0 Å². The zero-order chi connectivity index (χ0) is 14.0. The van der Waals surface area contributed by atoms with Crippen LogP contribution in [-0.2, 0) is 0 Å². The molecular formula is C16H22N2O. The first-order valence-corrected chi connectivity index (χ1v) is 6.73. The summed E-state index contributed by atoms with van der Waals surface area (Å²) in [6.45, 7) is 10.4. The number of rotatable bonds is 4. The third-order valence-corrected chi connectivity index (χ3v) is 3.40. The van der Waals surface area contributed by atoms with E-state index in [9.17, 15) is 0 Å². The predicted octanol–water partition coefficient (Wildman–Crippen LogP) is 4.01. The molecule has 0 radical (unpaired) electrons. The van der Waals surface area contributed by atoms with Crippen molar-refractivity contribution in [1.29, 1.82) is 0 Å². The quantitative estimate of drug-likeness (QED) is 0.900. The van der Waals surface area contributed by atoms with E-state index in [1.54, 1.807) is 6.20 Å². The number of nitrogens with one attached hydrogen (secondary N) is 1. The average molecular weight is 258 g/mol. The van der Waals surface area contributed by atoms with Crippen LogP contribution in [0.15, 0.2) is 28.8 Å². The molecule has 1 N–H and O–H groups in total. The maximum atomic E-state index is 5.56. The molecule has 0 saturated carbocycles. The van der Waals surface area contributed by atoms with Crippen LogP contribution in [0.1, 0.15) is 54.3 Å². The van der Waals surface area contributed by atoms with Gasteiger partial charge in [0, 0.05) is 6.04 Å². The van der Waals surface area contributed by atoms with Crippen LogP contribution in [0.3, 0.4) is 0 Å². The Bertz CT molecular complexity index is 560. The molecule has 0 saturated heterocycles. The van der Waals surface area contributed by atoms with Crippen molar-refractivity contribution in [2.45, 2.75) is 46.7 Å². The third-order valence-electron chi connectivity index (χ3n) is 3.40. The van der Waals surface area contributed by atoms with Gasteiger partial charge in [0.05, 0.1) is 12.2 Å². The second-order valence-corrected chi connectivity index (χ2v) is 5.28. The summed E-state index contributed by atoms with van der Waals surface area (Å²) >= 11 is 0. The largest absolute Gasteiger partial charge is 0.444 e. The molecule has 0 fully saturated rings. The lowest BCUT2D eigenvalue weighted by molar-refractivity contribution is 0.380. The highest BCUT2D eigenvalue weighted by Crippen LogP contribution is 2.22. The number of nitrogens with zero attached hydrogens (tertiary/aromatic N) is 1. The number of hydrogen-bond acceptors (Lipinski definition) is 3. The van der Waals surface area contributed by atoms with Gasteiger partial charge in [0.2, 0.25) is 5.89 Å². The first kappa shape index (κ1) is 13.8. The monoisotopic (exact) mass is 258 g/mol. The SMILES string of the molecule is Cc1ccc(C(C)NC(C)c2ncc(C)o2)c(C)c1. The molecule has 19 heavy (non-hydrogen) atoms. The fourth-order valence-corrected chi connectivity index (χ4v) is 2.42. The Balaban J connectivity index is 2.10. The highest BCUT2D eigenvalue weighted by molar-refractivity contribution is 5.32. The number of aromatic nitrogens is 1. The Kier molecular flexibility index (Phi) is 4.05. The fraction of sp³-hybridized carbons (Fsp3) is 0.438. The van der Waals surface area contributed by atoms with Crippen LogP contribution in [0.25, 0.3) is 0 Å². The first-order chi connectivity index (χ1) is 8.97. The molecule has 1 aromatic carbocycles. The Morgan fingerprint density at radius 1 is 1.11 bits per heavy atom. The highest BCUT2D eigenvalue weighted by Gasteiger charge is 2.16. The van der Waals surface area contributed by atoms with Crippen molar-refractivity contribution in [1.82, 2.24) is 10.3 Å². The second-order valence-electron chi connectivity index (χ2n) is 5.28. The van der Waals surface area contributed by atoms with E-state index >= 15 is 0 Å². The van der Waals surface area contributed by atoms with Crippen molar-refractivity contribution in [3.63, 3.8) is 0 Å². The van der Waals surface area contributed by atoms with Crippen molar-refractivity contribution in [3.05, 3.63) is 52.7 Å². The highest BCUT2D eigenvalue weighted by atomic mass is 16.4. The first-order valence-electron chi connectivity index (χ1n) is 6.73. The van der Waals surface area contributed by atoms with Crippen LogP contribution in [-0.4, -0.2) is 4.98 Å². The molecule has 0 aliphatic heterocycles. The van der Waals surface area contributed by atoms with Gasteiger partial charge in [-0.15, -0.1) is 0 Å². The molecule has 1 aromatic heterocycles. The van der Waals surface area contributed by atoms with E-state index in [4.69, 9.17) is 4.42 Å². The number of oxazole rings is 1. The van der Waals surface area contributed by atoms with E-state index in [0.717, 1.165) is 11.7 Å². The van der Waals surface area contributed by atoms with Gasteiger partial charge < -0.3 is 4.42 Å². The smallest absolute Gasteiger partial charge is 0.211 e. The maximum absolute atomic E-state index is 5.56. The van der Waals surface area contributed by atoms with Gasteiger partial charge in [0.1, 0.15) is 5.76 Å². The Morgan fingerprint density at radius 3 is 2.42 bits per heavy atom. The molecule has 3 heteroatoms. The molecule has 3 nitrogen and oxygen atoms in total. The third kappa shape index (κ3) is 3.24. The molecule has 0 spiro atoms. The van der Waals surface area contributed by atoms with Gasteiger partial charge in [-0.3, -0.25) is 5.32 Å². The van der Waals surface area contributed by atoms with E-state index in [2.05, 4.69) is 56.2 Å². The molecule has 1 heterocycles. The minimum atomic E-state index is 0.101. The molecule has 2 unspecified atom stereocenters. The minimum absolute atomic E-state index is 0.101. The second kappa shape index (κ2) is 5.57. The van der Waals surface area contributed by atoms with Gasteiger partial charge >= 0.3 is 0 Å². The van der Waals surface area contributed by atoms with Crippen molar-refractivity contribution in [3.8, 4) is 0 Å². The Hall–Kier alpha value is -1.61.